The second-order valence-electron chi connectivity index (χ2n) is 7.38. The van der Waals surface area contributed by atoms with Crippen molar-refractivity contribution in [2.24, 2.45) is 5.92 Å². The summed E-state index contributed by atoms with van der Waals surface area (Å²) in [6.07, 6.45) is 6.35. The van der Waals surface area contributed by atoms with Gasteiger partial charge >= 0.3 is 6.01 Å². The van der Waals surface area contributed by atoms with Gasteiger partial charge in [0.2, 0.25) is 11.7 Å². The number of hydrogen-bond acceptors (Lipinski definition) is 6. The number of carbonyl (C=O) groups excluding carboxylic acids is 1. The summed E-state index contributed by atoms with van der Waals surface area (Å²) in [7, 11) is 1.64. The fraction of sp³-hybridized carbons (Fsp3) is 0.550. The van der Waals surface area contributed by atoms with Gasteiger partial charge in [-0.25, -0.2) is 0 Å². The van der Waals surface area contributed by atoms with Gasteiger partial charge in [0.25, 0.3) is 0 Å². The van der Waals surface area contributed by atoms with Gasteiger partial charge < -0.3 is 19.5 Å². The van der Waals surface area contributed by atoms with E-state index in [1.165, 1.54) is 12.8 Å². The highest BCUT2D eigenvalue weighted by Crippen LogP contribution is 2.26. The molecule has 0 unspecified atom stereocenters. The van der Waals surface area contributed by atoms with E-state index in [-0.39, 0.29) is 11.8 Å². The number of nitrogens with zero attached hydrogens (tertiary/aromatic N) is 3. The van der Waals surface area contributed by atoms with Crippen LogP contribution < -0.4 is 15.0 Å². The summed E-state index contributed by atoms with van der Waals surface area (Å²) < 4.78 is 10.6. The highest BCUT2D eigenvalue weighted by Gasteiger charge is 2.29. The molecule has 7 nitrogen and oxygen atoms in total. The van der Waals surface area contributed by atoms with Gasteiger partial charge in [-0.05, 0) is 49.9 Å². The van der Waals surface area contributed by atoms with Crippen molar-refractivity contribution in [1.82, 2.24) is 15.5 Å². The van der Waals surface area contributed by atoms with Gasteiger partial charge in [0.15, 0.2) is 0 Å². The largest absolute Gasteiger partial charge is 0.497 e. The van der Waals surface area contributed by atoms with Crippen LogP contribution in [-0.2, 0) is 4.79 Å². The molecular weight excluding hydrogens is 344 g/mol. The number of anilines is 1. The number of rotatable bonds is 5. The molecule has 0 bridgehead atoms. The van der Waals surface area contributed by atoms with Crippen LogP contribution in [0.4, 0.5) is 6.01 Å². The summed E-state index contributed by atoms with van der Waals surface area (Å²) in [4.78, 5) is 19.0. The number of hydrogen-bond donors (Lipinski definition) is 1. The van der Waals surface area contributed by atoms with Gasteiger partial charge in [-0.1, -0.05) is 18.0 Å². The second kappa shape index (κ2) is 7.98. The van der Waals surface area contributed by atoms with E-state index in [1.807, 2.05) is 24.3 Å². The van der Waals surface area contributed by atoms with Gasteiger partial charge in [0.05, 0.1) is 7.11 Å². The number of piperidine rings is 1. The average molecular weight is 370 g/mol. The molecule has 0 spiro atoms. The minimum absolute atomic E-state index is 0.0887. The van der Waals surface area contributed by atoms with Crippen LogP contribution in [0, 0.1) is 5.92 Å². The van der Waals surface area contributed by atoms with Crippen molar-refractivity contribution in [1.29, 1.82) is 0 Å². The second-order valence-corrected chi connectivity index (χ2v) is 7.38. The number of aromatic nitrogens is 2. The molecule has 144 valence electrons. The molecule has 4 rings (SSSR count). The highest BCUT2D eigenvalue weighted by atomic mass is 16.5. The maximum Gasteiger partial charge on any atom is 0.324 e. The smallest absolute Gasteiger partial charge is 0.324 e. The lowest BCUT2D eigenvalue weighted by Gasteiger charge is -2.30. The Balaban J connectivity index is 1.33. The Kier molecular flexibility index (Phi) is 5.27. The molecule has 1 aliphatic carbocycles. The fourth-order valence-electron chi connectivity index (χ4n) is 3.92. The van der Waals surface area contributed by atoms with E-state index in [0.717, 1.165) is 50.1 Å². The van der Waals surface area contributed by atoms with Gasteiger partial charge in [-0.2, -0.15) is 4.98 Å². The maximum atomic E-state index is 12.4. The first kappa shape index (κ1) is 17.8. The van der Waals surface area contributed by atoms with E-state index in [0.29, 0.717) is 17.9 Å². The zero-order valence-electron chi connectivity index (χ0n) is 15.7. The molecule has 27 heavy (non-hydrogen) atoms. The summed E-state index contributed by atoms with van der Waals surface area (Å²) >= 11 is 0. The van der Waals surface area contributed by atoms with Crippen molar-refractivity contribution in [2.45, 2.75) is 44.6 Å². The molecule has 1 N–H and O–H groups in total. The van der Waals surface area contributed by atoms with Crippen molar-refractivity contribution in [3.63, 3.8) is 0 Å². The molecule has 1 saturated heterocycles. The number of ether oxygens (including phenoxy) is 1. The van der Waals surface area contributed by atoms with E-state index >= 15 is 0 Å². The normalized spacial score (nSPS) is 18.6. The van der Waals surface area contributed by atoms with E-state index in [4.69, 9.17) is 9.26 Å². The zero-order chi connectivity index (χ0) is 18.6. The average Bonchev–Trinajstić information content (AvgIpc) is 3.40. The number of benzene rings is 1. The fourth-order valence-corrected chi connectivity index (χ4v) is 3.92. The van der Waals surface area contributed by atoms with Gasteiger partial charge in [0, 0.05) is 30.6 Å². The van der Waals surface area contributed by atoms with Crippen LogP contribution in [0.2, 0.25) is 0 Å². The van der Waals surface area contributed by atoms with E-state index in [1.54, 1.807) is 7.11 Å². The SMILES string of the molecule is COc1ccc(-c2noc(N3CCC(C(=O)NC4CCCC4)CC3)n2)cc1. The molecule has 1 aromatic carbocycles. The molecule has 1 saturated carbocycles. The lowest BCUT2D eigenvalue weighted by Crippen LogP contribution is -2.43. The van der Waals surface area contributed by atoms with Crippen LogP contribution in [0.3, 0.4) is 0 Å². The van der Waals surface area contributed by atoms with E-state index < -0.39 is 0 Å². The van der Waals surface area contributed by atoms with Crippen molar-refractivity contribution in [3.05, 3.63) is 24.3 Å². The van der Waals surface area contributed by atoms with E-state index in [2.05, 4.69) is 20.4 Å². The molecule has 1 aliphatic heterocycles. The molecule has 7 heteroatoms. The molecule has 0 atom stereocenters. The van der Waals surface area contributed by atoms with Gasteiger partial charge in [0.1, 0.15) is 5.75 Å². The predicted molar refractivity (Wildman–Crippen MR) is 102 cm³/mol. The van der Waals surface area contributed by atoms with Gasteiger partial charge in [-0.15, -0.1) is 0 Å². The number of carbonyl (C=O) groups is 1. The first-order valence-electron chi connectivity index (χ1n) is 9.76. The van der Waals surface area contributed by atoms with Crippen molar-refractivity contribution in [3.8, 4) is 17.1 Å². The molecule has 1 aromatic heterocycles. The Labute approximate surface area is 159 Å². The minimum atomic E-state index is 0.0887. The lowest BCUT2D eigenvalue weighted by molar-refractivity contribution is -0.126. The third-order valence-electron chi connectivity index (χ3n) is 5.60. The standard InChI is InChI=1S/C20H26N4O3/c1-26-17-8-6-14(7-9-17)18-22-20(27-23-18)24-12-10-15(11-13-24)19(25)21-16-4-2-3-5-16/h6-9,15-16H,2-5,10-13H2,1H3,(H,21,25). The molecule has 0 radical (unpaired) electrons. The summed E-state index contributed by atoms with van der Waals surface area (Å²) in [6.45, 7) is 1.51. The molecule has 2 fully saturated rings. The van der Waals surface area contributed by atoms with Crippen LogP contribution in [0.15, 0.2) is 28.8 Å². The molecular formula is C20H26N4O3. The Hall–Kier alpha value is -2.57. The molecule has 2 aromatic rings. The van der Waals surface area contributed by atoms with Crippen LogP contribution in [0.25, 0.3) is 11.4 Å². The summed E-state index contributed by atoms with van der Waals surface area (Å²) in [5.41, 5.74) is 0.886. The van der Waals surface area contributed by atoms with Crippen LogP contribution in [-0.4, -0.2) is 42.3 Å². The van der Waals surface area contributed by atoms with E-state index in [9.17, 15) is 4.79 Å². The number of nitrogens with one attached hydrogen (secondary N) is 1. The Morgan fingerprint density at radius 1 is 1.15 bits per heavy atom. The molecule has 1 amide bonds. The highest BCUT2D eigenvalue weighted by molar-refractivity contribution is 5.79. The topological polar surface area (TPSA) is 80.5 Å². The lowest BCUT2D eigenvalue weighted by atomic mass is 9.95. The van der Waals surface area contributed by atoms with Gasteiger partial charge in [-0.3, -0.25) is 4.79 Å². The summed E-state index contributed by atoms with van der Waals surface area (Å²) in [5.74, 6) is 1.66. The van der Waals surface area contributed by atoms with Crippen LogP contribution >= 0.6 is 0 Å². The first-order valence-corrected chi connectivity index (χ1v) is 9.76. The Bertz CT molecular complexity index is 760. The van der Waals surface area contributed by atoms with Crippen LogP contribution in [0.1, 0.15) is 38.5 Å². The predicted octanol–water partition coefficient (Wildman–Crippen LogP) is 3.02. The molecule has 2 heterocycles. The first-order chi connectivity index (χ1) is 13.2. The monoisotopic (exact) mass is 370 g/mol. The third kappa shape index (κ3) is 4.07. The van der Waals surface area contributed by atoms with Crippen molar-refractivity contribution < 1.29 is 14.1 Å². The van der Waals surface area contributed by atoms with Crippen molar-refractivity contribution in [2.75, 3.05) is 25.1 Å². The molecule has 2 aliphatic rings. The Morgan fingerprint density at radius 3 is 2.52 bits per heavy atom. The minimum Gasteiger partial charge on any atom is -0.497 e. The zero-order valence-corrected chi connectivity index (χ0v) is 15.7. The quantitative estimate of drug-likeness (QED) is 0.871. The number of amides is 1. The number of methoxy groups -OCH3 is 1. The Morgan fingerprint density at radius 2 is 1.85 bits per heavy atom. The third-order valence-corrected chi connectivity index (χ3v) is 5.60. The maximum absolute atomic E-state index is 12.4. The summed E-state index contributed by atoms with van der Waals surface area (Å²) in [5, 5.41) is 7.31. The van der Waals surface area contributed by atoms with Crippen LogP contribution in [0.5, 0.6) is 5.75 Å². The summed E-state index contributed by atoms with van der Waals surface area (Å²) in [6, 6.07) is 8.48. The van der Waals surface area contributed by atoms with Crippen molar-refractivity contribution >= 4 is 11.9 Å².